The maximum Gasteiger partial charge on any atom is 0.225 e. The van der Waals surface area contributed by atoms with Crippen molar-refractivity contribution in [2.75, 3.05) is 19.7 Å². The summed E-state index contributed by atoms with van der Waals surface area (Å²) < 4.78 is 5.49. The lowest BCUT2D eigenvalue weighted by Crippen LogP contribution is -2.37. The molecule has 0 aliphatic carbocycles. The zero-order chi connectivity index (χ0) is 15.4. The van der Waals surface area contributed by atoms with Crippen LogP contribution in [0.3, 0.4) is 0 Å². The third kappa shape index (κ3) is 3.62. The van der Waals surface area contributed by atoms with E-state index < -0.39 is 0 Å². The number of hydrogen-bond acceptors (Lipinski definition) is 4. The van der Waals surface area contributed by atoms with E-state index in [0.717, 1.165) is 25.1 Å². The molecule has 0 saturated carbocycles. The molecule has 3 rings (SSSR count). The number of nitrogens with one attached hydrogen (secondary N) is 1. The second-order valence-electron chi connectivity index (χ2n) is 5.88. The Hall–Kier alpha value is -1.95. The maximum absolute atomic E-state index is 12.2. The molecule has 6 nitrogen and oxygen atoms in total. The van der Waals surface area contributed by atoms with Gasteiger partial charge in [0.15, 0.2) is 0 Å². The first kappa shape index (κ1) is 15.0. The number of rotatable bonds is 5. The normalized spacial score (nSPS) is 24.7. The first-order valence-electron chi connectivity index (χ1n) is 7.79. The van der Waals surface area contributed by atoms with Crippen molar-refractivity contribution >= 4 is 11.8 Å². The van der Waals surface area contributed by atoms with Crippen molar-refractivity contribution in [3.63, 3.8) is 0 Å². The van der Waals surface area contributed by atoms with Crippen LogP contribution in [0.2, 0.25) is 0 Å². The van der Waals surface area contributed by atoms with Gasteiger partial charge < -0.3 is 15.0 Å². The number of aromatic nitrogens is 1. The van der Waals surface area contributed by atoms with Crippen LogP contribution in [-0.2, 0) is 20.9 Å². The summed E-state index contributed by atoms with van der Waals surface area (Å²) in [5, 5.41) is 2.91. The monoisotopic (exact) mass is 303 g/mol. The van der Waals surface area contributed by atoms with Gasteiger partial charge in [0.2, 0.25) is 11.8 Å². The van der Waals surface area contributed by atoms with Crippen LogP contribution >= 0.6 is 0 Å². The largest absolute Gasteiger partial charge is 0.376 e. The Morgan fingerprint density at radius 3 is 3.09 bits per heavy atom. The summed E-state index contributed by atoms with van der Waals surface area (Å²) in [6.07, 6.45) is 4.17. The fraction of sp³-hybridized carbons (Fsp3) is 0.562. The van der Waals surface area contributed by atoms with E-state index in [1.54, 1.807) is 11.1 Å². The van der Waals surface area contributed by atoms with Gasteiger partial charge in [-0.3, -0.25) is 14.6 Å². The van der Waals surface area contributed by atoms with Gasteiger partial charge in [0, 0.05) is 32.3 Å². The molecule has 6 heteroatoms. The summed E-state index contributed by atoms with van der Waals surface area (Å²) in [7, 11) is 0. The summed E-state index contributed by atoms with van der Waals surface area (Å²) in [6.45, 7) is 2.26. The van der Waals surface area contributed by atoms with Crippen LogP contribution in [-0.4, -0.2) is 47.5 Å². The molecule has 22 heavy (non-hydrogen) atoms. The van der Waals surface area contributed by atoms with Crippen molar-refractivity contribution < 1.29 is 14.3 Å². The zero-order valence-electron chi connectivity index (χ0n) is 12.5. The predicted octanol–water partition coefficient (Wildman–Crippen LogP) is 0.725. The molecule has 3 heterocycles. The topological polar surface area (TPSA) is 71.5 Å². The van der Waals surface area contributed by atoms with Gasteiger partial charge in [0.25, 0.3) is 0 Å². The minimum atomic E-state index is -0.266. The Kier molecular flexibility index (Phi) is 4.68. The molecule has 1 N–H and O–H groups in total. The number of pyridine rings is 1. The lowest BCUT2D eigenvalue weighted by molar-refractivity contribution is -0.129. The SMILES string of the molecule is O=C(NC[C@@H]1CCCO1)[C@@H]1CC(=O)N(Cc2ccccn2)C1. The highest BCUT2D eigenvalue weighted by Gasteiger charge is 2.34. The van der Waals surface area contributed by atoms with Crippen molar-refractivity contribution in [2.24, 2.45) is 5.92 Å². The summed E-state index contributed by atoms with van der Waals surface area (Å²) in [5.41, 5.74) is 0.844. The second kappa shape index (κ2) is 6.87. The van der Waals surface area contributed by atoms with Crippen molar-refractivity contribution in [1.29, 1.82) is 0 Å². The Balaban J connectivity index is 1.49. The van der Waals surface area contributed by atoms with Crippen molar-refractivity contribution in [3.05, 3.63) is 30.1 Å². The van der Waals surface area contributed by atoms with Gasteiger partial charge in [-0.1, -0.05) is 6.07 Å². The van der Waals surface area contributed by atoms with Crippen molar-refractivity contribution in [2.45, 2.75) is 31.9 Å². The van der Waals surface area contributed by atoms with Crippen LogP contribution < -0.4 is 5.32 Å². The van der Waals surface area contributed by atoms with E-state index in [-0.39, 0.29) is 30.3 Å². The maximum atomic E-state index is 12.2. The molecule has 0 aromatic carbocycles. The minimum absolute atomic E-state index is 0.0166. The summed E-state index contributed by atoms with van der Waals surface area (Å²) in [5.74, 6) is -0.298. The smallest absolute Gasteiger partial charge is 0.225 e. The van der Waals surface area contributed by atoms with E-state index >= 15 is 0 Å². The minimum Gasteiger partial charge on any atom is -0.376 e. The van der Waals surface area contributed by atoms with Gasteiger partial charge in [-0.05, 0) is 25.0 Å². The molecule has 2 fully saturated rings. The van der Waals surface area contributed by atoms with Gasteiger partial charge in [0.1, 0.15) is 0 Å². The number of nitrogens with zero attached hydrogens (tertiary/aromatic N) is 2. The van der Waals surface area contributed by atoms with Crippen LogP contribution in [0.5, 0.6) is 0 Å². The number of carbonyl (C=O) groups is 2. The third-order valence-corrected chi connectivity index (χ3v) is 4.19. The molecule has 2 atom stereocenters. The number of carbonyl (C=O) groups excluding carboxylic acids is 2. The van der Waals surface area contributed by atoms with Crippen LogP contribution in [0.15, 0.2) is 24.4 Å². The Labute approximate surface area is 129 Å². The molecule has 0 radical (unpaired) electrons. The average molecular weight is 303 g/mol. The average Bonchev–Trinajstić information content (AvgIpc) is 3.16. The fourth-order valence-electron chi connectivity index (χ4n) is 2.95. The molecule has 0 bridgehead atoms. The summed E-state index contributed by atoms with van der Waals surface area (Å²) in [6, 6.07) is 5.63. The Bertz CT molecular complexity index is 529. The lowest BCUT2D eigenvalue weighted by Gasteiger charge is -2.16. The standard InChI is InChI=1S/C16H21N3O3/c20-15-8-12(16(21)18-9-14-5-3-7-22-14)10-19(15)11-13-4-1-2-6-17-13/h1-2,4,6,12,14H,3,5,7-11H2,(H,18,21)/t12-,14+/m1/s1. The quantitative estimate of drug-likeness (QED) is 0.870. The molecular formula is C16H21N3O3. The lowest BCUT2D eigenvalue weighted by atomic mass is 10.1. The highest BCUT2D eigenvalue weighted by molar-refractivity contribution is 5.89. The highest BCUT2D eigenvalue weighted by atomic mass is 16.5. The summed E-state index contributed by atoms with van der Waals surface area (Å²) >= 11 is 0. The van der Waals surface area contributed by atoms with E-state index in [9.17, 15) is 9.59 Å². The zero-order valence-corrected chi connectivity index (χ0v) is 12.5. The number of hydrogen-bond donors (Lipinski definition) is 1. The predicted molar refractivity (Wildman–Crippen MR) is 79.7 cm³/mol. The van der Waals surface area contributed by atoms with E-state index in [2.05, 4.69) is 10.3 Å². The molecule has 1 aromatic heterocycles. The van der Waals surface area contributed by atoms with E-state index in [0.29, 0.717) is 19.6 Å². The van der Waals surface area contributed by atoms with Gasteiger partial charge in [-0.15, -0.1) is 0 Å². The number of likely N-dealkylation sites (tertiary alicyclic amines) is 1. The van der Waals surface area contributed by atoms with Crippen molar-refractivity contribution in [1.82, 2.24) is 15.2 Å². The Morgan fingerprint density at radius 2 is 2.36 bits per heavy atom. The van der Waals surface area contributed by atoms with E-state index in [1.807, 2.05) is 18.2 Å². The van der Waals surface area contributed by atoms with Crippen LogP contribution in [0.1, 0.15) is 25.0 Å². The number of amides is 2. The number of ether oxygens (including phenoxy) is 1. The molecule has 1 aromatic rings. The second-order valence-corrected chi connectivity index (χ2v) is 5.88. The molecule has 2 amide bonds. The van der Waals surface area contributed by atoms with Gasteiger partial charge in [-0.25, -0.2) is 0 Å². The van der Waals surface area contributed by atoms with Crippen LogP contribution in [0.4, 0.5) is 0 Å². The molecular weight excluding hydrogens is 282 g/mol. The van der Waals surface area contributed by atoms with Crippen molar-refractivity contribution in [3.8, 4) is 0 Å². The van der Waals surface area contributed by atoms with E-state index in [1.165, 1.54) is 0 Å². The first-order chi connectivity index (χ1) is 10.7. The van der Waals surface area contributed by atoms with Gasteiger partial charge in [-0.2, -0.15) is 0 Å². The highest BCUT2D eigenvalue weighted by Crippen LogP contribution is 2.20. The van der Waals surface area contributed by atoms with Crippen LogP contribution in [0, 0.1) is 5.92 Å². The molecule has 2 saturated heterocycles. The molecule has 2 aliphatic heterocycles. The summed E-state index contributed by atoms with van der Waals surface area (Å²) in [4.78, 5) is 30.2. The molecule has 0 unspecified atom stereocenters. The third-order valence-electron chi connectivity index (χ3n) is 4.19. The first-order valence-corrected chi connectivity index (χ1v) is 7.79. The molecule has 0 spiro atoms. The van der Waals surface area contributed by atoms with Crippen LogP contribution in [0.25, 0.3) is 0 Å². The Morgan fingerprint density at radius 1 is 1.45 bits per heavy atom. The molecule has 2 aliphatic rings. The van der Waals surface area contributed by atoms with E-state index in [4.69, 9.17) is 4.74 Å². The van der Waals surface area contributed by atoms with Gasteiger partial charge in [0.05, 0.1) is 24.3 Å². The fourth-order valence-corrected chi connectivity index (χ4v) is 2.95. The van der Waals surface area contributed by atoms with Gasteiger partial charge >= 0.3 is 0 Å². The molecule has 118 valence electrons.